The summed E-state index contributed by atoms with van der Waals surface area (Å²) in [5.41, 5.74) is 1.87. The zero-order chi connectivity index (χ0) is 18.9. The topological polar surface area (TPSA) is 59.4 Å². The van der Waals surface area contributed by atoms with E-state index in [1.165, 1.54) is 0 Å². The van der Waals surface area contributed by atoms with Crippen molar-refractivity contribution in [1.82, 2.24) is 19.8 Å². The number of carbonyl (C=O) groups excluding carboxylic acids is 1. The Morgan fingerprint density at radius 3 is 2.40 bits per heavy atom. The molecule has 2 saturated heterocycles. The Balaban J connectivity index is 0.00000128. The quantitative estimate of drug-likeness (QED) is 0.651. The van der Waals surface area contributed by atoms with E-state index >= 15 is 0 Å². The Hall–Kier alpha value is -2.28. The molecular formula is C22H26Cl2N4O2. The molecule has 0 unspecified atom stereocenters. The number of nitrogens with zero attached hydrogens (tertiary/aromatic N) is 3. The number of para-hydroxylation sites is 3. The van der Waals surface area contributed by atoms with Gasteiger partial charge in [-0.25, -0.2) is 4.98 Å². The van der Waals surface area contributed by atoms with Crippen molar-refractivity contribution in [3.8, 4) is 5.75 Å². The van der Waals surface area contributed by atoms with Crippen molar-refractivity contribution in [1.29, 1.82) is 0 Å². The number of hydrogen-bond donors (Lipinski definition) is 1. The molecule has 0 bridgehead atoms. The first-order valence-corrected chi connectivity index (χ1v) is 9.88. The van der Waals surface area contributed by atoms with Crippen molar-refractivity contribution in [2.24, 2.45) is 11.8 Å². The third kappa shape index (κ3) is 4.41. The lowest BCUT2D eigenvalue weighted by Gasteiger charge is -2.19. The molecule has 3 aromatic rings. The summed E-state index contributed by atoms with van der Waals surface area (Å²) < 4.78 is 7.92. The molecule has 2 aliphatic heterocycles. The van der Waals surface area contributed by atoms with Gasteiger partial charge in [-0.3, -0.25) is 4.79 Å². The van der Waals surface area contributed by atoms with Crippen LogP contribution in [0.1, 0.15) is 5.82 Å². The van der Waals surface area contributed by atoms with Gasteiger partial charge in [-0.1, -0.05) is 30.3 Å². The van der Waals surface area contributed by atoms with E-state index in [0.717, 1.165) is 48.8 Å². The molecule has 6 nitrogen and oxygen atoms in total. The fourth-order valence-corrected chi connectivity index (χ4v) is 4.37. The highest BCUT2D eigenvalue weighted by Gasteiger charge is 2.38. The highest BCUT2D eigenvalue weighted by Crippen LogP contribution is 2.27. The summed E-state index contributed by atoms with van der Waals surface area (Å²) in [4.78, 5) is 19.8. The van der Waals surface area contributed by atoms with E-state index in [2.05, 4.69) is 5.32 Å². The number of amides is 1. The second-order valence-corrected chi connectivity index (χ2v) is 7.68. The predicted molar refractivity (Wildman–Crippen MR) is 121 cm³/mol. The Labute approximate surface area is 188 Å². The number of halogens is 2. The second-order valence-electron chi connectivity index (χ2n) is 7.68. The summed E-state index contributed by atoms with van der Waals surface area (Å²) in [7, 11) is 0. The van der Waals surface area contributed by atoms with Crippen molar-refractivity contribution in [2.45, 2.75) is 13.2 Å². The molecular weight excluding hydrogens is 423 g/mol. The molecule has 0 radical (unpaired) electrons. The van der Waals surface area contributed by atoms with Gasteiger partial charge in [0.25, 0.3) is 0 Å². The maximum atomic E-state index is 13.0. The zero-order valence-corrected chi connectivity index (χ0v) is 18.2. The lowest BCUT2D eigenvalue weighted by atomic mass is 10.0. The summed E-state index contributed by atoms with van der Waals surface area (Å²) in [6, 6.07) is 17.7. The second kappa shape index (κ2) is 9.69. The number of nitrogens with one attached hydrogen (secondary N) is 1. The predicted octanol–water partition coefficient (Wildman–Crippen LogP) is 3.14. The van der Waals surface area contributed by atoms with Gasteiger partial charge in [-0.05, 0) is 36.1 Å². The van der Waals surface area contributed by atoms with Crippen LogP contribution in [0.15, 0.2) is 54.6 Å². The van der Waals surface area contributed by atoms with Crippen molar-refractivity contribution in [3.63, 3.8) is 0 Å². The normalized spacial score (nSPS) is 19.8. The molecule has 8 heteroatoms. The largest absolute Gasteiger partial charge is 0.486 e. The van der Waals surface area contributed by atoms with E-state index < -0.39 is 0 Å². The average molecular weight is 449 g/mol. The molecule has 0 spiro atoms. The first-order valence-electron chi connectivity index (χ1n) is 9.88. The first kappa shape index (κ1) is 22.4. The molecule has 0 saturated carbocycles. The van der Waals surface area contributed by atoms with Crippen LogP contribution in [-0.2, 0) is 17.9 Å². The highest BCUT2D eigenvalue weighted by molar-refractivity contribution is 5.85. The maximum Gasteiger partial charge on any atom is 0.242 e. The number of likely N-dealkylation sites (tertiary alicyclic amines) is 1. The number of rotatable bonds is 5. The van der Waals surface area contributed by atoms with Gasteiger partial charge in [0, 0.05) is 26.2 Å². The SMILES string of the molecule is Cl.Cl.O=C(Cn1c(COc2ccccc2)nc2ccccc21)N1C[C@H]2CNC[C@H]2C1. The van der Waals surface area contributed by atoms with Gasteiger partial charge in [0.1, 0.15) is 24.7 Å². The fourth-order valence-electron chi connectivity index (χ4n) is 4.37. The molecule has 2 atom stereocenters. The van der Waals surface area contributed by atoms with Gasteiger partial charge in [0.15, 0.2) is 0 Å². The van der Waals surface area contributed by atoms with E-state index in [1.54, 1.807) is 0 Å². The maximum absolute atomic E-state index is 13.0. The van der Waals surface area contributed by atoms with Crippen LogP contribution in [-0.4, -0.2) is 46.5 Å². The molecule has 1 amide bonds. The van der Waals surface area contributed by atoms with E-state index in [-0.39, 0.29) is 30.7 Å². The first-order chi connectivity index (χ1) is 13.8. The molecule has 160 valence electrons. The van der Waals surface area contributed by atoms with Crippen molar-refractivity contribution in [2.75, 3.05) is 26.2 Å². The molecule has 3 heterocycles. The van der Waals surface area contributed by atoms with E-state index in [1.807, 2.05) is 64.1 Å². The van der Waals surface area contributed by atoms with E-state index in [9.17, 15) is 4.79 Å². The molecule has 2 fully saturated rings. The van der Waals surface area contributed by atoms with Crippen LogP contribution in [0.2, 0.25) is 0 Å². The Morgan fingerprint density at radius 2 is 1.67 bits per heavy atom. The number of hydrogen-bond acceptors (Lipinski definition) is 4. The van der Waals surface area contributed by atoms with Crippen molar-refractivity contribution >= 4 is 41.8 Å². The molecule has 30 heavy (non-hydrogen) atoms. The van der Waals surface area contributed by atoms with E-state index in [4.69, 9.17) is 9.72 Å². The molecule has 1 aromatic heterocycles. The number of aromatic nitrogens is 2. The van der Waals surface area contributed by atoms with Crippen LogP contribution in [0.4, 0.5) is 0 Å². The van der Waals surface area contributed by atoms with Gasteiger partial charge in [0.05, 0.1) is 11.0 Å². The lowest BCUT2D eigenvalue weighted by molar-refractivity contribution is -0.131. The monoisotopic (exact) mass is 448 g/mol. The Kier molecular flexibility index (Phi) is 7.23. The smallest absolute Gasteiger partial charge is 0.242 e. The van der Waals surface area contributed by atoms with E-state index in [0.29, 0.717) is 25.0 Å². The number of fused-ring (bicyclic) bond motifs is 2. The van der Waals surface area contributed by atoms with Crippen LogP contribution in [0.5, 0.6) is 5.75 Å². The number of benzene rings is 2. The molecule has 0 aliphatic carbocycles. The summed E-state index contributed by atoms with van der Waals surface area (Å²) in [6.07, 6.45) is 0. The van der Waals surface area contributed by atoms with Crippen molar-refractivity contribution < 1.29 is 9.53 Å². The molecule has 2 aliphatic rings. The van der Waals surface area contributed by atoms with Crippen LogP contribution >= 0.6 is 24.8 Å². The van der Waals surface area contributed by atoms with Crippen LogP contribution < -0.4 is 10.1 Å². The van der Waals surface area contributed by atoms with Gasteiger partial charge in [0.2, 0.25) is 5.91 Å². The number of carbonyl (C=O) groups is 1. The summed E-state index contributed by atoms with van der Waals surface area (Å²) >= 11 is 0. The summed E-state index contributed by atoms with van der Waals surface area (Å²) in [6.45, 7) is 4.41. The molecule has 2 aromatic carbocycles. The third-order valence-corrected chi connectivity index (χ3v) is 5.88. The molecule has 5 rings (SSSR count). The molecule has 1 N–H and O–H groups in total. The minimum Gasteiger partial charge on any atom is -0.486 e. The highest BCUT2D eigenvalue weighted by atomic mass is 35.5. The Morgan fingerprint density at radius 1 is 1.00 bits per heavy atom. The minimum absolute atomic E-state index is 0. The van der Waals surface area contributed by atoms with Gasteiger partial charge in [-0.2, -0.15) is 0 Å². The Bertz CT molecular complexity index is 983. The van der Waals surface area contributed by atoms with Crippen LogP contribution in [0.3, 0.4) is 0 Å². The third-order valence-electron chi connectivity index (χ3n) is 5.88. The standard InChI is InChI=1S/C22H24N4O2.2ClH/c27-22(25-12-16-10-23-11-17(16)13-25)14-26-20-9-5-4-8-19(20)24-21(26)15-28-18-6-2-1-3-7-18;;/h1-9,16-17,23H,10-15H2;2*1H/t16-,17+;;. The summed E-state index contributed by atoms with van der Waals surface area (Å²) in [5.74, 6) is 2.94. The minimum atomic E-state index is 0. The number of imidazole rings is 1. The van der Waals surface area contributed by atoms with Gasteiger partial charge in [-0.15, -0.1) is 24.8 Å². The van der Waals surface area contributed by atoms with Crippen LogP contribution in [0.25, 0.3) is 11.0 Å². The van der Waals surface area contributed by atoms with Crippen molar-refractivity contribution in [3.05, 3.63) is 60.4 Å². The average Bonchev–Trinajstić information content (AvgIpc) is 3.41. The van der Waals surface area contributed by atoms with Crippen LogP contribution in [0, 0.1) is 11.8 Å². The fraction of sp³-hybridized carbons (Fsp3) is 0.364. The lowest BCUT2D eigenvalue weighted by Crippen LogP contribution is -2.34. The zero-order valence-electron chi connectivity index (χ0n) is 16.6. The number of ether oxygens (including phenoxy) is 1. The van der Waals surface area contributed by atoms with Gasteiger partial charge < -0.3 is 19.5 Å². The summed E-state index contributed by atoms with van der Waals surface area (Å²) in [5, 5.41) is 3.43. The van der Waals surface area contributed by atoms with Gasteiger partial charge >= 0.3 is 0 Å².